The molecule has 0 aromatic rings. The van der Waals surface area contributed by atoms with E-state index in [4.69, 9.17) is 0 Å². The molecule has 0 radical (unpaired) electrons. The molecule has 4 aliphatic rings. The minimum absolute atomic E-state index is 0.874. The molecule has 22 heavy (non-hydrogen) atoms. The van der Waals surface area contributed by atoms with Gasteiger partial charge in [0.25, 0.3) is 0 Å². The summed E-state index contributed by atoms with van der Waals surface area (Å²) in [5, 5.41) is 6.94. The third-order valence-electron chi connectivity index (χ3n) is 6.89. The van der Waals surface area contributed by atoms with E-state index in [9.17, 15) is 0 Å². The van der Waals surface area contributed by atoms with Crippen molar-refractivity contribution in [1.82, 2.24) is 20.4 Å². The van der Waals surface area contributed by atoms with E-state index in [2.05, 4.69) is 20.4 Å². The van der Waals surface area contributed by atoms with Gasteiger partial charge >= 0.3 is 0 Å². The monoisotopic (exact) mass is 306 g/mol. The maximum atomic E-state index is 3.50. The molecule has 4 aliphatic heterocycles. The molecule has 0 spiro atoms. The fraction of sp³-hybridized carbons (Fsp3) is 1.00. The van der Waals surface area contributed by atoms with Gasteiger partial charge in [0.15, 0.2) is 0 Å². The summed E-state index contributed by atoms with van der Waals surface area (Å²) in [7, 11) is 0. The minimum atomic E-state index is 0.874. The molecule has 0 bridgehead atoms. The highest BCUT2D eigenvalue weighted by Gasteiger charge is 2.34. The molecule has 4 fully saturated rings. The molecule has 0 aliphatic carbocycles. The highest BCUT2D eigenvalue weighted by atomic mass is 15.2. The fourth-order valence-electron chi connectivity index (χ4n) is 5.19. The normalized spacial score (nSPS) is 32.2. The Morgan fingerprint density at radius 2 is 1.09 bits per heavy atom. The molecule has 4 heterocycles. The topological polar surface area (TPSA) is 30.5 Å². The Morgan fingerprint density at radius 1 is 0.545 bits per heavy atom. The van der Waals surface area contributed by atoms with E-state index in [-0.39, 0.29) is 0 Å². The molecular formula is C18H34N4. The molecule has 2 N–H and O–H groups in total. The summed E-state index contributed by atoms with van der Waals surface area (Å²) in [6.07, 6.45) is 8.48. The van der Waals surface area contributed by atoms with Crippen LogP contribution in [0, 0.1) is 11.8 Å². The number of nitrogens with zero attached hydrogens (tertiary/aromatic N) is 2. The highest BCUT2D eigenvalue weighted by Crippen LogP contribution is 2.30. The van der Waals surface area contributed by atoms with Crippen molar-refractivity contribution < 1.29 is 0 Å². The molecule has 0 amide bonds. The largest absolute Gasteiger partial charge is 0.317 e. The van der Waals surface area contributed by atoms with E-state index in [1.807, 2.05) is 0 Å². The van der Waals surface area contributed by atoms with Gasteiger partial charge in [-0.05, 0) is 103 Å². The lowest BCUT2D eigenvalue weighted by Gasteiger charge is -2.46. The number of hydrogen-bond donors (Lipinski definition) is 2. The average molecular weight is 306 g/mol. The zero-order valence-electron chi connectivity index (χ0n) is 14.1. The first-order valence-electron chi connectivity index (χ1n) is 9.79. The Morgan fingerprint density at radius 3 is 1.64 bits per heavy atom. The molecule has 126 valence electrons. The lowest BCUT2D eigenvalue weighted by Crippen LogP contribution is -2.53. The van der Waals surface area contributed by atoms with Gasteiger partial charge in [-0.2, -0.15) is 0 Å². The quantitative estimate of drug-likeness (QED) is 0.818. The average Bonchev–Trinajstić information content (AvgIpc) is 2.55. The number of piperidine rings is 3. The van der Waals surface area contributed by atoms with E-state index < -0.39 is 0 Å². The van der Waals surface area contributed by atoms with Crippen molar-refractivity contribution in [2.45, 2.75) is 50.6 Å². The number of nitrogens with one attached hydrogen (secondary N) is 2. The van der Waals surface area contributed by atoms with Crippen LogP contribution in [0.2, 0.25) is 0 Å². The third-order valence-corrected chi connectivity index (χ3v) is 6.89. The van der Waals surface area contributed by atoms with Crippen LogP contribution in [-0.4, -0.2) is 74.2 Å². The number of rotatable bonds is 3. The van der Waals surface area contributed by atoms with E-state index in [1.165, 1.54) is 90.9 Å². The lowest BCUT2D eigenvalue weighted by molar-refractivity contribution is 0.0415. The van der Waals surface area contributed by atoms with Crippen molar-refractivity contribution >= 4 is 0 Å². The second-order valence-electron chi connectivity index (χ2n) is 8.04. The van der Waals surface area contributed by atoms with Crippen molar-refractivity contribution in [3.63, 3.8) is 0 Å². The smallest absolute Gasteiger partial charge is 0.0120 e. The van der Waals surface area contributed by atoms with Gasteiger partial charge in [-0.15, -0.1) is 0 Å². The summed E-state index contributed by atoms with van der Waals surface area (Å²) in [4.78, 5) is 5.63. The van der Waals surface area contributed by atoms with Crippen molar-refractivity contribution in [3.05, 3.63) is 0 Å². The predicted octanol–water partition coefficient (Wildman–Crippen LogP) is 1.13. The second kappa shape index (κ2) is 7.16. The van der Waals surface area contributed by atoms with E-state index in [1.54, 1.807) is 0 Å². The second-order valence-corrected chi connectivity index (χ2v) is 8.04. The summed E-state index contributed by atoms with van der Waals surface area (Å²) in [5.74, 6) is 2.02. The lowest BCUT2D eigenvalue weighted by atomic mass is 9.80. The molecule has 0 saturated carbocycles. The van der Waals surface area contributed by atoms with Gasteiger partial charge in [0.1, 0.15) is 0 Å². The summed E-state index contributed by atoms with van der Waals surface area (Å²) < 4.78 is 0. The Bertz CT molecular complexity index is 335. The van der Waals surface area contributed by atoms with Gasteiger partial charge in [-0.25, -0.2) is 0 Å². The first-order valence-corrected chi connectivity index (χ1v) is 9.79. The molecule has 0 aromatic heterocycles. The maximum Gasteiger partial charge on any atom is 0.0120 e. The van der Waals surface area contributed by atoms with Crippen LogP contribution in [0.1, 0.15) is 38.5 Å². The Hall–Kier alpha value is -0.160. The number of hydrogen-bond acceptors (Lipinski definition) is 4. The molecule has 4 heteroatoms. The van der Waals surface area contributed by atoms with Crippen LogP contribution >= 0.6 is 0 Å². The molecule has 4 rings (SSSR count). The van der Waals surface area contributed by atoms with Gasteiger partial charge < -0.3 is 20.4 Å². The Balaban J connectivity index is 1.20. The highest BCUT2D eigenvalue weighted by molar-refractivity contribution is 4.90. The third kappa shape index (κ3) is 3.35. The number of likely N-dealkylation sites (tertiary alicyclic amines) is 2. The van der Waals surface area contributed by atoms with Crippen LogP contribution in [0.5, 0.6) is 0 Å². The van der Waals surface area contributed by atoms with Gasteiger partial charge in [0.2, 0.25) is 0 Å². The molecular weight excluding hydrogens is 272 g/mol. The maximum absolute atomic E-state index is 3.50. The summed E-state index contributed by atoms with van der Waals surface area (Å²) in [6, 6.07) is 1.76. The van der Waals surface area contributed by atoms with Crippen LogP contribution in [-0.2, 0) is 0 Å². The van der Waals surface area contributed by atoms with Gasteiger partial charge in [0, 0.05) is 12.1 Å². The first kappa shape index (κ1) is 15.4. The predicted molar refractivity (Wildman–Crippen MR) is 91.1 cm³/mol. The Labute approximate surface area is 136 Å². The Kier molecular flexibility index (Phi) is 5.01. The molecule has 0 aromatic carbocycles. The first-order chi connectivity index (χ1) is 10.9. The molecule has 4 saturated heterocycles. The molecule has 0 atom stereocenters. The van der Waals surface area contributed by atoms with Crippen LogP contribution in [0.4, 0.5) is 0 Å². The summed E-state index contributed by atoms with van der Waals surface area (Å²) in [5.41, 5.74) is 0. The summed E-state index contributed by atoms with van der Waals surface area (Å²) in [6.45, 7) is 10.5. The standard InChI is InChI=1S/C18H34N4/c1-7-19-8-2-17(1)22-11-5-18(6-12-22)21-9-3-15(4-10-21)16-13-20-14-16/h15-20H,1-14H2. The van der Waals surface area contributed by atoms with E-state index in [0.29, 0.717) is 0 Å². The SMILES string of the molecule is C1CC(N2CCC(N3CCC(C4CNC4)CC3)CC2)CCN1. The zero-order valence-corrected chi connectivity index (χ0v) is 14.1. The van der Waals surface area contributed by atoms with E-state index >= 15 is 0 Å². The minimum Gasteiger partial charge on any atom is -0.317 e. The molecule has 4 nitrogen and oxygen atoms in total. The zero-order chi connectivity index (χ0) is 14.8. The van der Waals surface area contributed by atoms with Gasteiger partial charge in [-0.3, -0.25) is 0 Å². The van der Waals surface area contributed by atoms with Crippen molar-refractivity contribution in [1.29, 1.82) is 0 Å². The fourth-order valence-corrected chi connectivity index (χ4v) is 5.19. The van der Waals surface area contributed by atoms with Gasteiger partial charge in [-0.1, -0.05) is 0 Å². The van der Waals surface area contributed by atoms with Crippen LogP contribution in [0.3, 0.4) is 0 Å². The summed E-state index contributed by atoms with van der Waals surface area (Å²) >= 11 is 0. The van der Waals surface area contributed by atoms with Crippen molar-refractivity contribution in [2.75, 3.05) is 52.4 Å². The van der Waals surface area contributed by atoms with Crippen molar-refractivity contribution in [2.24, 2.45) is 11.8 Å². The van der Waals surface area contributed by atoms with Gasteiger partial charge in [0.05, 0.1) is 0 Å². The van der Waals surface area contributed by atoms with Crippen molar-refractivity contribution in [3.8, 4) is 0 Å². The molecule has 0 unspecified atom stereocenters. The van der Waals surface area contributed by atoms with E-state index in [0.717, 1.165) is 23.9 Å². The van der Waals surface area contributed by atoms with Crippen LogP contribution in [0.25, 0.3) is 0 Å². The van der Waals surface area contributed by atoms with Crippen LogP contribution in [0.15, 0.2) is 0 Å². The van der Waals surface area contributed by atoms with Crippen LogP contribution < -0.4 is 10.6 Å².